The van der Waals surface area contributed by atoms with E-state index >= 15 is 0 Å². The number of benzene rings is 1. The van der Waals surface area contributed by atoms with Crippen LogP contribution in [0.2, 0.25) is 0 Å². The maximum Gasteiger partial charge on any atom is 0.314 e. The van der Waals surface area contributed by atoms with Crippen molar-refractivity contribution in [1.29, 1.82) is 0 Å². The second-order valence-electron chi connectivity index (χ2n) is 3.27. The third kappa shape index (κ3) is 2.33. The van der Waals surface area contributed by atoms with E-state index in [-0.39, 0.29) is 17.9 Å². The highest BCUT2D eigenvalue weighted by atomic mass is 16.5. The molecule has 3 nitrogen and oxygen atoms in total. The summed E-state index contributed by atoms with van der Waals surface area (Å²) < 4.78 is 4.71. The number of rotatable bonds is 3. The number of carbonyl (C=O) groups is 1. The van der Waals surface area contributed by atoms with Crippen molar-refractivity contribution in [3.05, 3.63) is 35.9 Å². The monoisotopic (exact) mass is 193 g/mol. The van der Waals surface area contributed by atoms with Crippen molar-refractivity contribution in [3.63, 3.8) is 0 Å². The van der Waals surface area contributed by atoms with Crippen molar-refractivity contribution < 1.29 is 9.53 Å². The second-order valence-corrected chi connectivity index (χ2v) is 3.27. The van der Waals surface area contributed by atoms with Crippen LogP contribution < -0.4 is 5.73 Å². The Morgan fingerprint density at radius 3 is 2.36 bits per heavy atom. The molecule has 3 heteroatoms. The van der Waals surface area contributed by atoms with Crippen LogP contribution in [0.1, 0.15) is 18.4 Å². The molecule has 1 aromatic carbocycles. The predicted octanol–water partition coefficient (Wildman–Crippen LogP) is 1.29. The van der Waals surface area contributed by atoms with Crippen molar-refractivity contribution in [1.82, 2.24) is 0 Å². The van der Waals surface area contributed by atoms with Crippen LogP contribution in [0.25, 0.3) is 0 Å². The van der Waals surface area contributed by atoms with Crippen molar-refractivity contribution >= 4 is 5.97 Å². The molecule has 2 unspecified atom stereocenters. The normalized spacial score (nSPS) is 14.5. The lowest BCUT2D eigenvalue weighted by Gasteiger charge is -2.18. The molecular weight excluding hydrogens is 178 g/mol. The minimum absolute atomic E-state index is 0.246. The molecule has 0 aliphatic heterocycles. The lowest BCUT2D eigenvalue weighted by Crippen LogP contribution is -2.31. The zero-order chi connectivity index (χ0) is 10.6. The van der Waals surface area contributed by atoms with Crippen LogP contribution >= 0.6 is 0 Å². The standard InChI is InChI=1S/C11H15NO2/c1-8(12)10(11(13)14-2)9-6-4-3-5-7-9/h3-8,10H,12H2,1-2H3. The summed E-state index contributed by atoms with van der Waals surface area (Å²) in [5.41, 5.74) is 6.64. The lowest BCUT2D eigenvalue weighted by atomic mass is 9.93. The summed E-state index contributed by atoms with van der Waals surface area (Å²) in [7, 11) is 1.38. The Morgan fingerprint density at radius 1 is 1.36 bits per heavy atom. The van der Waals surface area contributed by atoms with E-state index < -0.39 is 0 Å². The average Bonchev–Trinajstić information content (AvgIpc) is 2.19. The van der Waals surface area contributed by atoms with Crippen LogP contribution in [0.3, 0.4) is 0 Å². The van der Waals surface area contributed by atoms with E-state index in [1.807, 2.05) is 30.3 Å². The lowest BCUT2D eigenvalue weighted by molar-refractivity contribution is -0.142. The van der Waals surface area contributed by atoms with Crippen molar-refractivity contribution in [2.45, 2.75) is 18.9 Å². The van der Waals surface area contributed by atoms with Gasteiger partial charge in [-0.1, -0.05) is 30.3 Å². The number of methoxy groups -OCH3 is 1. The fraction of sp³-hybridized carbons (Fsp3) is 0.364. The maximum atomic E-state index is 11.5. The highest BCUT2D eigenvalue weighted by molar-refractivity contribution is 5.78. The molecule has 0 amide bonds. The molecule has 0 saturated carbocycles. The molecule has 0 aromatic heterocycles. The molecule has 2 atom stereocenters. The van der Waals surface area contributed by atoms with Gasteiger partial charge in [-0.15, -0.1) is 0 Å². The number of hydrogen-bond donors (Lipinski definition) is 1. The van der Waals surface area contributed by atoms with Crippen molar-refractivity contribution in [2.24, 2.45) is 5.73 Å². The molecule has 0 aliphatic carbocycles. The fourth-order valence-electron chi connectivity index (χ4n) is 1.44. The van der Waals surface area contributed by atoms with Crippen LogP contribution in [0.5, 0.6) is 0 Å². The number of esters is 1. The first-order valence-corrected chi connectivity index (χ1v) is 4.55. The Balaban J connectivity index is 2.95. The molecule has 76 valence electrons. The van der Waals surface area contributed by atoms with Gasteiger partial charge < -0.3 is 10.5 Å². The molecule has 0 spiro atoms. The van der Waals surface area contributed by atoms with Gasteiger partial charge in [0.25, 0.3) is 0 Å². The zero-order valence-electron chi connectivity index (χ0n) is 8.44. The molecule has 1 aromatic rings. The van der Waals surface area contributed by atoms with E-state index in [9.17, 15) is 4.79 Å². The minimum Gasteiger partial charge on any atom is -0.469 e. The van der Waals surface area contributed by atoms with E-state index in [1.54, 1.807) is 6.92 Å². The number of nitrogens with two attached hydrogens (primary N) is 1. The Morgan fingerprint density at radius 2 is 1.93 bits per heavy atom. The van der Waals surface area contributed by atoms with Gasteiger partial charge in [0.1, 0.15) is 0 Å². The highest BCUT2D eigenvalue weighted by Gasteiger charge is 2.24. The average molecular weight is 193 g/mol. The summed E-state index contributed by atoms with van der Waals surface area (Å²) >= 11 is 0. The summed E-state index contributed by atoms with van der Waals surface area (Å²) in [6, 6.07) is 9.18. The molecular formula is C11H15NO2. The van der Waals surface area contributed by atoms with Gasteiger partial charge in [0.2, 0.25) is 0 Å². The first kappa shape index (κ1) is 10.7. The first-order chi connectivity index (χ1) is 6.66. The van der Waals surface area contributed by atoms with Crippen LogP contribution in [0, 0.1) is 0 Å². The summed E-state index contributed by atoms with van der Waals surface area (Å²) in [5, 5.41) is 0. The second kappa shape index (κ2) is 4.77. The van der Waals surface area contributed by atoms with E-state index in [2.05, 4.69) is 0 Å². The summed E-state index contributed by atoms with van der Waals surface area (Å²) in [5.74, 6) is -0.660. The molecule has 1 rings (SSSR count). The van der Waals surface area contributed by atoms with Gasteiger partial charge in [0.15, 0.2) is 0 Å². The van der Waals surface area contributed by atoms with Crippen LogP contribution in [-0.2, 0) is 9.53 Å². The SMILES string of the molecule is COC(=O)C(c1ccccc1)C(C)N. The minimum atomic E-state index is -0.374. The number of hydrogen-bond acceptors (Lipinski definition) is 3. The molecule has 0 saturated heterocycles. The zero-order valence-corrected chi connectivity index (χ0v) is 8.44. The van der Waals surface area contributed by atoms with Gasteiger partial charge in [-0.05, 0) is 12.5 Å². The third-order valence-corrected chi connectivity index (χ3v) is 2.14. The van der Waals surface area contributed by atoms with E-state index in [1.165, 1.54) is 7.11 Å². The molecule has 14 heavy (non-hydrogen) atoms. The Labute approximate surface area is 83.9 Å². The van der Waals surface area contributed by atoms with Crippen LogP contribution in [0.15, 0.2) is 30.3 Å². The largest absolute Gasteiger partial charge is 0.469 e. The van der Waals surface area contributed by atoms with Crippen molar-refractivity contribution in [2.75, 3.05) is 7.11 Å². The van der Waals surface area contributed by atoms with E-state index in [4.69, 9.17) is 10.5 Å². The molecule has 0 aliphatic rings. The fourth-order valence-corrected chi connectivity index (χ4v) is 1.44. The third-order valence-electron chi connectivity index (χ3n) is 2.14. The van der Waals surface area contributed by atoms with Gasteiger partial charge in [-0.2, -0.15) is 0 Å². The number of carbonyl (C=O) groups excluding carboxylic acids is 1. The van der Waals surface area contributed by atoms with Crippen molar-refractivity contribution in [3.8, 4) is 0 Å². The predicted molar refractivity (Wildman–Crippen MR) is 54.8 cm³/mol. The molecule has 0 heterocycles. The topological polar surface area (TPSA) is 52.3 Å². The maximum absolute atomic E-state index is 11.5. The van der Waals surface area contributed by atoms with Gasteiger partial charge >= 0.3 is 5.97 Å². The molecule has 0 bridgehead atoms. The molecule has 2 N–H and O–H groups in total. The Bertz CT molecular complexity index is 295. The van der Waals surface area contributed by atoms with E-state index in [0.29, 0.717) is 0 Å². The van der Waals surface area contributed by atoms with Gasteiger partial charge in [0, 0.05) is 6.04 Å². The summed E-state index contributed by atoms with van der Waals surface area (Å²) in [4.78, 5) is 11.5. The van der Waals surface area contributed by atoms with Crippen LogP contribution in [-0.4, -0.2) is 19.1 Å². The Hall–Kier alpha value is -1.35. The van der Waals surface area contributed by atoms with E-state index in [0.717, 1.165) is 5.56 Å². The number of ether oxygens (including phenoxy) is 1. The molecule has 0 radical (unpaired) electrons. The summed E-state index contributed by atoms with van der Waals surface area (Å²) in [6.45, 7) is 1.80. The quantitative estimate of drug-likeness (QED) is 0.736. The molecule has 0 fully saturated rings. The van der Waals surface area contributed by atoms with Crippen LogP contribution in [0.4, 0.5) is 0 Å². The highest BCUT2D eigenvalue weighted by Crippen LogP contribution is 2.19. The first-order valence-electron chi connectivity index (χ1n) is 4.55. The summed E-state index contributed by atoms with van der Waals surface area (Å²) in [6.07, 6.45) is 0. The van der Waals surface area contributed by atoms with Gasteiger partial charge in [-0.25, -0.2) is 0 Å². The smallest absolute Gasteiger partial charge is 0.314 e. The van der Waals surface area contributed by atoms with Gasteiger partial charge in [-0.3, -0.25) is 4.79 Å². The Kier molecular flexibility index (Phi) is 3.65. The van der Waals surface area contributed by atoms with Gasteiger partial charge in [0.05, 0.1) is 13.0 Å².